The zero-order valence-corrected chi connectivity index (χ0v) is 9.18. The third-order valence-corrected chi connectivity index (χ3v) is 2.02. The van der Waals surface area contributed by atoms with Crippen LogP contribution in [0.5, 0.6) is 0 Å². The predicted molar refractivity (Wildman–Crippen MR) is 55.6 cm³/mol. The van der Waals surface area contributed by atoms with Crippen LogP contribution < -0.4 is 10.6 Å². The summed E-state index contributed by atoms with van der Waals surface area (Å²) in [6.07, 6.45) is 1.77. The zero-order valence-electron chi connectivity index (χ0n) is 9.18. The molecule has 0 radical (unpaired) electrons. The van der Waals surface area contributed by atoms with E-state index in [2.05, 4.69) is 16.7 Å². The summed E-state index contributed by atoms with van der Waals surface area (Å²) < 4.78 is 0. The first-order valence-corrected chi connectivity index (χ1v) is 4.84. The number of carbonyl (C=O) groups excluding carboxylic acids is 1. The summed E-state index contributed by atoms with van der Waals surface area (Å²) >= 11 is 0. The molecule has 0 atom stereocenters. The topological polar surface area (TPSA) is 64.9 Å². The van der Waals surface area contributed by atoms with E-state index in [4.69, 9.17) is 5.26 Å². The molecule has 0 aliphatic rings. The van der Waals surface area contributed by atoms with Crippen LogP contribution >= 0.6 is 0 Å². The van der Waals surface area contributed by atoms with Crippen molar-refractivity contribution in [1.82, 2.24) is 10.6 Å². The first kappa shape index (κ1) is 12.9. The van der Waals surface area contributed by atoms with E-state index in [0.717, 1.165) is 19.4 Å². The van der Waals surface area contributed by atoms with E-state index >= 15 is 0 Å². The third-order valence-electron chi connectivity index (χ3n) is 2.02. The van der Waals surface area contributed by atoms with Crippen molar-refractivity contribution in [3.05, 3.63) is 0 Å². The van der Waals surface area contributed by atoms with Gasteiger partial charge in [-0.05, 0) is 33.2 Å². The van der Waals surface area contributed by atoms with E-state index in [0.29, 0.717) is 6.54 Å². The summed E-state index contributed by atoms with van der Waals surface area (Å²) in [5.74, 6) is -0.00968. The van der Waals surface area contributed by atoms with Crippen LogP contribution in [-0.2, 0) is 4.79 Å². The van der Waals surface area contributed by atoms with Gasteiger partial charge in [0.05, 0.1) is 18.0 Å². The lowest BCUT2D eigenvalue weighted by atomic mass is 9.90. The molecule has 0 saturated carbocycles. The lowest BCUT2D eigenvalue weighted by molar-refractivity contribution is -0.119. The highest BCUT2D eigenvalue weighted by Crippen LogP contribution is 2.19. The number of carbonyl (C=O) groups is 1. The van der Waals surface area contributed by atoms with Gasteiger partial charge in [-0.25, -0.2) is 0 Å². The highest BCUT2D eigenvalue weighted by Gasteiger charge is 2.15. The Labute approximate surface area is 85.7 Å². The number of nitriles is 1. The van der Waals surface area contributed by atoms with Crippen LogP contribution in [0.15, 0.2) is 0 Å². The molecular weight excluding hydrogens is 178 g/mol. The van der Waals surface area contributed by atoms with Crippen LogP contribution in [0, 0.1) is 16.7 Å². The van der Waals surface area contributed by atoms with Gasteiger partial charge in [-0.3, -0.25) is 4.79 Å². The van der Waals surface area contributed by atoms with E-state index in [1.54, 1.807) is 7.05 Å². The van der Waals surface area contributed by atoms with Crippen molar-refractivity contribution < 1.29 is 4.79 Å². The lowest BCUT2D eigenvalue weighted by Crippen LogP contribution is -2.32. The Morgan fingerprint density at radius 1 is 1.50 bits per heavy atom. The van der Waals surface area contributed by atoms with Crippen LogP contribution in [0.25, 0.3) is 0 Å². The summed E-state index contributed by atoms with van der Waals surface area (Å²) in [7, 11) is 1.61. The van der Waals surface area contributed by atoms with Gasteiger partial charge in [0.1, 0.15) is 0 Å². The molecule has 4 nitrogen and oxygen atoms in total. The minimum absolute atomic E-state index is 0.00968. The average Bonchev–Trinajstić information content (AvgIpc) is 2.17. The molecule has 0 aromatic rings. The van der Waals surface area contributed by atoms with Gasteiger partial charge in [0.2, 0.25) is 5.91 Å². The Kier molecular flexibility index (Phi) is 5.89. The van der Waals surface area contributed by atoms with Gasteiger partial charge in [0.15, 0.2) is 0 Å². The molecule has 0 heterocycles. The average molecular weight is 197 g/mol. The quantitative estimate of drug-likeness (QED) is 0.614. The standard InChI is InChI=1S/C10H19N3O/c1-10(2,8-11)5-4-6-13-7-9(14)12-3/h13H,4-7H2,1-3H3,(H,12,14). The summed E-state index contributed by atoms with van der Waals surface area (Å²) in [6.45, 7) is 4.97. The summed E-state index contributed by atoms with van der Waals surface area (Å²) in [4.78, 5) is 10.8. The zero-order chi connectivity index (χ0) is 11.0. The van der Waals surface area contributed by atoms with Crippen LogP contribution in [0.1, 0.15) is 26.7 Å². The van der Waals surface area contributed by atoms with E-state index in [-0.39, 0.29) is 11.3 Å². The first-order valence-electron chi connectivity index (χ1n) is 4.84. The molecule has 0 aliphatic heterocycles. The molecule has 0 aromatic carbocycles. The number of amides is 1. The van der Waals surface area contributed by atoms with Crippen LogP contribution in [0.2, 0.25) is 0 Å². The minimum atomic E-state index is -0.255. The molecule has 14 heavy (non-hydrogen) atoms. The van der Waals surface area contributed by atoms with E-state index in [1.807, 2.05) is 13.8 Å². The summed E-state index contributed by atoms with van der Waals surface area (Å²) in [5.41, 5.74) is -0.255. The van der Waals surface area contributed by atoms with Crippen LogP contribution in [0.4, 0.5) is 0 Å². The van der Waals surface area contributed by atoms with Gasteiger partial charge >= 0.3 is 0 Å². The number of rotatable bonds is 6. The number of nitrogens with zero attached hydrogens (tertiary/aromatic N) is 1. The second kappa shape index (κ2) is 6.39. The smallest absolute Gasteiger partial charge is 0.233 e. The second-order valence-corrected chi connectivity index (χ2v) is 3.95. The van der Waals surface area contributed by atoms with Crippen molar-refractivity contribution in [3.63, 3.8) is 0 Å². The maximum Gasteiger partial charge on any atom is 0.233 e. The Bertz CT molecular complexity index is 218. The van der Waals surface area contributed by atoms with Gasteiger partial charge in [-0.1, -0.05) is 0 Å². The van der Waals surface area contributed by atoms with E-state index in [9.17, 15) is 4.79 Å². The molecule has 80 valence electrons. The molecule has 0 spiro atoms. The van der Waals surface area contributed by atoms with Crippen molar-refractivity contribution in [2.45, 2.75) is 26.7 Å². The molecule has 0 fully saturated rings. The maximum absolute atomic E-state index is 10.8. The van der Waals surface area contributed by atoms with Gasteiger partial charge in [-0.15, -0.1) is 0 Å². The van der Waals surface area contributed by atoms with Crippen molar-refractivity contribution in [2.24, 2.45) is 5.41 Å². The minimum Gasteiger partial charge on any atom is -0.358 e. The van der Waals surface area contributed by atoms with Crippen molar-refractivity contribution in [3.8, 4) is 6.07 Å². The summed E-state index contributed by atoms with van der Waals surface area (Å²) in [6, 6.07) is 2.25. The maximum atomic E-state index is 10.8. The largest absolute Gasteiger partial charge is 0.358 e. The molecule has 0 unspecified atom stereocenters. The lowest BCUT2D eigenvalue weighted by Gasteiger charge is -2.14. The molecule has 0 aliphatic carbocycles. The molecule has 4 heteroatoms. The normalized spacial score (nSPS) is 10.7. The molecule has 0 rings (SSSR count). The van der Waals surface area contributed by atoms with Gasteiger partial charge in [0.25, 0.3) is 0 Å². The fraction of sp³-hybridized carbons (Fsp3) is 0.800. The van der Waals surface area contributed by atoms with Gasteiger partial charge in [0, 0.05) is 7.05 Å². The van der Waals surface area contributed by atoms with Gasteiger partial charge in [-0.2, -0.15) is 5.26 Å². The highest BCUT2D eigenvalue weighted by molar-refractivity contribution is 5.77. The molecule has 0 saturated heterocycles. The van der Waals surface area contributed by atoms with Gasteiger partial charge < -0.3 is 10.6 Å². The first-order chi connectivity index (χ1) is 6.52. The Morgan fingerprint density at radius 3 is 2.64 bits per heavy atom. The number of likely N-dealkylation sites (N-methyl/N-ethyl adjacent to an activating group) is 1. The van der Waals surface area contributed by atoms with E-state index in [1.165, 1.54) is 0 Å². The number of hydrogen-bond donors (Lipinski definition) is 2. The number of hydrogen-bond acceptors (Lipinski definition) is 3. The molecule has 1 amide bonds. The fourth-order valence-corrected chi connectivity index (χ4v) is 1.00. The monoisotopic (exact) mass is 197 g/mol. The fourth-order valence-electron chi connectivity index (χ4n) is 1.00. The van der Waals surface area contributed by atoms with Crippen LogP contribution in [-0.4, -0.2) is 26.0 Å². The third kappa shape index (κ3) is 6.44. The van der Waals surface area contributed by atoms with E-state index < -0.39 is 0 Å². The molecule has 0 bridgehead atoms. The molecular formula is C10H19N3O. The molecule has 0 aromatic heterocycles. The molecule has 2 N–H and O–H groups in total. The Hall–Kier alpha value is -1.08. The van der Waals surface area contributed by atoms with Crippen molar-refractivity contribution in [1.29, 1.82) is 5.26 Å². The Morgan fingerprint density at radius 2 is 2.14 bits per heavy atom. The highest BCUT2D eigenvalue weighted by atomic mass is 16.1. The van der Waals surface area contributed by atoms with Crippen molar-refractivity contribution >= 4 is 5.91 Å². The van der Waals surface area contributed by atoms with Crippen LogP contribution in [0.3, 0.4) is 0 Å². The second-order valence-electron chi connectivity index (χ2n) is 3.95. The predicted octanol–water partition coefficient (Wildman–Crippen LogP) is 0.652. The Balaban J connectivity index is 3.40. The number of nitrogens with one attached hydrogen (secondary N) is 2. The van der Waals surface area contributed by atoms with Crippen molar-refractivity contribution in [2.75, 3.05) is 20.1 Å². The summed E-state index contributed by atoms with van der Waals surface area (Å²) in [5, 5.41) is 14.3. The SMILES string of the molecule is CNC(=O)CNCCCC(C)(C)C#N.